The van der Waals surface area contributed by atoms with Gasteiger partial charge in [-0.15, -0.1) is 0 Å². The predicted molar refractivity (Wildman–Crippen MR) is 92.9 cm³/mol. The molecule has 2 aromatic carbocycles. The average Bonchev–Trinajstić information content (AvgIpc) is 3.01. The van der Waals surface area contributed by atoms with Gasteiger partial charge in [0.15, 0.2) is 0 Å². The van der Waals surface area contributed by atoms with E-state index < -0.39 is 0 Å². The van der Waals surface area contributed by atoms with Crippen molar-refractivity contribution in [2.24, 2.45) is 0 Å². The Labute approximate surface area is 146 Å². The van der Waals surface area contributed by atoms with Crippen molar-refractivity contribution in [1.82, 2.24) is 10.2 Å². The minimum atomic E-state index is -0.285. The summed E-state index contributed by atoms with van der Waals surface area (Å²) in [6, 6.07) is 13.0. The molecular formula is C20H22F2N2O. The molecule has 1 fully saturated rings. The van der Waals surface area contributed by atoms with Crippen LogP contribution in [0.25, 0.3) is 0 Å². The first-order valence-electron chi connectivity index (χ1n) is 8.60. The number of hydrogen-bond donors (Lipinski definition) is 1. The second kappa shape index (κ2) is 8.21. The van der Waals surface area contributed by atoms with Gasteiger partial charge < -0.3 is 5.32 Å². The molecule has 1 atom stereocenters. The molecule has 1 amide bonds. The molecule has 1 aliphatic rings. The number of benzene rings is 2. The van der Waals surface area contributed by atoms with Crippen LogP contribution in [0.3, 0.4) is 0 Å². The summed E-state index contributed by atoms with van der Waals surface area (Å²) in [7, 11) is 0. The van der Waals surface area contributed by atoms with E-state index in [0.29, 0.717) is 13.1 Å². The predicted octanol–water partition coefficient (Wildman–Crippen LogP) is 3.29. The lowest BCUT2D eigenvalue weighted by atomic mass is 10.0. The van der Waals surface area contributed by atoms with Crippen LogP contribution in [0.1, 0.15) is 24.0 Å². The molecule has 1 heterocycles. The van der Waals surface area contributed by atoms with Crippen LogP contribution >= 0.6 is 0 Å². The molecule has 1 aliphatic heterocycles. The highest BCUT2D eigenvalue weighted by Crippen LogP contribution is 2.21. The van der Waals surface area contributed by atoms with E-state index in [0.717, 1.165) is 36.9 Å². The van der Waals surface area contributed by atoms with Crippen molar-refractivity contribution >= 4 is 5.91 Å². The summed E-state index contributed by atoms with van der Waals surface area (Å²) in [4.78, 5) is 14.4. The molecular weight excluding hydrogens is 322 g/mol. The van der Waals surface area contributed by atoms with E-state index in [9.17, 15) is 13.6 Å². The van der Waals surface area contributed by atoms with Gasteiger partial charge in [0.1, 0.15) is 11.6 Å². The fourth-order valence-electron chi connectivity index (χ4n) is 3.31. The summed E-state index contributed by atoms with van der Waals surface area (Å²) in [5.74, 6) is -0.554. The second-order valence-corrected chi connectivity index (χ2v) is 6.50. The fraction of sp³-hybridized carbons (Fsp3) is 0.350. The molecule has 1 saturated heterocycles. The van der Waals surface area contributed by atoms with Gasteiger partial charge in [-0.2, -0.15) is 0 Å². The lowest BCUT2D eigenvalue weighted by Crippen LogP contribution is -2.40. The zero-order valence-electron chi connectivity index (χ0n) is 14.1. The molecule has 2 aromatic rings. The monoisotopic (exact) mass is 344 g/mol. The van der Waals surface area contributed by atoms with Crippen LogP contribution in [-0.4, -0.2) is 29.9 Å². The Morgan fingerprint density at radius 3 is 2.64 bits per heavy atom. The van der Waals surface area contributed by atoms with Gasteiger partial charge in [-0.1, -0.05) is 24.3 Å². The smallest absolute Gasteiger partial charge is 0.234 e. The first kappa shape index (κ1) is 17.5. The van der Waals surface area contributed by atoms with E-state index in [1.807, 2.05) is 6.07 Å². The minimum absolute atomic E-state index is 0.0459. The molecule has 1 unspecified atom stereocenters. The van der Waals surface area contributed by atoms with Gasteiger partial charge >= 0.3 is 0 Å². The molecule has 1 N–H and O–H groups in total. The third kappa shape index (κ3) is 5.10. The number of amides is 1. The normalized spacial score (nSPS) is 17.6. The Hall–Kier alpha value is -2.27. The van der Waals surface area contributed by atoms with E-state index in [1.165, 1.54) is 18.2 Å². The van der Waals surface area contributed by atoms with Crippen LogP contribution < -0.4 is 5.32 Å². The number of hydrogen-bond acceptors (Lipinski definition) is 2. The summed E-state index contributed by atoms with van der Waals surface area (Å²) >= 11 is 0. The molecule has 0 spiro atoms. The van der Waals surface area contributed by atoms with Gasteiger partial charge in [0.25, 0.3) is 0 Å². The fourth-order valence-corrected chi connectivity index (χ4v) is 3.31. The molecule has 5 heteroatoms. The summed E-state index contributed by atoms with van der Waals surface area (Å²) < 4.78 is 26.2. The summed E-state index contributed by atoms with van der Waals surface area (Å²) in [6.45, 7) is 1.60. The van der Waals surface area contributed by atoms with Crippen molar-refractivity contribution in [3.05, 3.63) is 71.3 Å². The van der Waals surface area contributed by atoms with Gasteiger partial charge in [-0.3, -0.25) is 9.69 Å². The van der Waals surface area contributed by atoms with Gasteiger partial charge in [-0.05, 0) is 61.2 Å². The lowest BCUT2D eigenvalue weighted by Gasteiger charge is -2.24. The highest BCUT2D eigenvalue weighted by Gasteiger charge is 2.26. The van der Waals surface area contributed by atoms with Crippen LogP contribution in [0, 0.1) is 11.6 Å². The Bertz CT molecular complexity index is 718. The first-order chi connectivity index (χ1) is 12.1. The van der Waals surface area contributed by atoms with Crippen molar-refractivity contribution in [2.45, 2.75) is 31.8 Å². The van der Waals surface area contributed by atoms with Crippen LogP contribution in [0.4, 0.5) is 8.78 Å². The summed E-state index contributed by atoms with van der Waals surface area (Å²) in [5, 5.41) is 2.88. The maximum absolute atomic E-state index is 13.3. The Kier molecular flexibility index (Phi) is 5.76. The Morgan fingerprint density at radius 1 is 1.08 bits per heavy atom. The number of rotatable bonds is 6. The number of nitrogens with one attached hydrogen (secondary N) is 1. The maximum atomic E-state index is 13.3. The molecule has 0 radical (unpaired) electrons. The van der Waals surface area contributed by atoms with Gasteiger partial charge in [-0.25, -0.2) is 8.78 Å². The van der Waals surface area contributed by atoms with Gasteiger partial charge in [0.2, 0.25) is 5.91 Å². The highest BCUT2D eigenvalue weighted by molar-refractivity contribution is 5.78. The van der Waals surface area contributed by atoms with Crippen molar-refractivity contribution in [1.29, 1.82) is 0 Å². The average molecular weight is 344 g/mol. The number of carbonyl (C=O) groups excluding carboxylic acids is 1. The van der Waals surface area contributed by atoms with Crippen LogP contribution in [-0.2, 0) is 17.8 Å². The topological polar surface area (TPSA) is 32.3 Å². The van der Waals surface area contributed by atoms with Crippen molar-refractivity contribution in [3.63, 3.8) is 0 Å². The number of nitrogens with zero attached hydrogens (tertiary/aromatic N) is 1. The number of halogens is 2. The van der Waals surface area contributed by atoms with Crippen molar-refractivity contribution < 1.29 is 13.6 Å². The van der Waals surface area contributed by atoms with Crippen molar-refractivity contribution in [2.75, 3.05) is 13.1 Å². The largest absolute Gasteiger partial charge is 0.351 e. The Balaban J connectivity index is 1.50. The van der Waals surface area contributed by atoms with E-state index in [2.05, 4.69) is 10.2 Å². The van der Waals surface area contributed by atoms with E-state index in [1.54, 1.807) is 24.3 Å². The van der Waals surface area contributed by atoms with Crippen LogP contribution in [0.2, 0.25) is 0 Å². The third-order valence-electron chi connectivity index (χ3n) is 4.61. The van der Waals surface area contributed by atoms with Gasteiger partial charge in [0, 0.05) is 12.6 Å². The number of carbonyl (C=O) groups is 1. The highest BCUT2D eigenvalue weighted by atomic mass is 19.1. The van der Waals surface area contributed by atoms with E-state index in [4.69, 9.17) is 0 Å². The zero-order chi connectivity index (χ0) is 17.6. The quantitative estimate of drug-likeness (QED) is 0.872. The zero-order valence-corrected chi connectivity index (χ0v) is 14.1. The molecule has 0 bridgehead atoms. The van der Waals surface area contributed by atoms with Crippen LogP contribution in [0.5, 0.6) is 0 Å². The Morgan fingerprint density at radius 2 is 1.88 bits per heavy atom. The minimum Gasteiger partial charge on any atom is -0.351 e. The third-order valence-corrected chi connectivity index (χ3v) is 4.61. The maximum Gasteiger partial charge on any atom is 0.234 e. The molecule has 0 aromatic heterocycles. The summed E-state index contributed by atoms with van der Waals surface area (Å²) in [6.07, 6.45) is 2.82. The molecule has 0 saturated carbocycles. The molecule has 3 nitrogen and oxygen atoms in total. The first-order valence-corrected chi connectivity index (χ1v) is 8.60. The number of likely N-dealkylation sites (tertiary alicyclic amines) is 1. The molecule has 132 valence electrons. The van der Waals surface area contributed by atoms with Crippen molar-refractivity contribution in [3.8, 4) is 0 Å². The van der Waals surface area contributed by atoms with E-state index in [-0.39, 0.29) is 23.6 Å². The molecule has 0 aliphatic carbocycles. The SMILES string of the molecule is O=C(CN1CCCC1Cc1cccc(F)c1)NCc1ccc(F)cc1. The second-order valence-electron chi connectivity index (χ2n) is 6.50. The lowest BCUT2D eigenvalue weighted by molar-refractivity contribution is -0.122. The van der Waals surface area contributed by atoms with E-state index >= 15 is 0 Å². The summed E-state index contributed by atoms with van der Waals surface area (Å²) in [5.41, 5.74) is 1.83. The standard InChI is InChI=1S/C20H22F2N2O/c21-17-8-6-15(7-9-17)13-23-20(25)14-24-10-2-5-19(24)12-16-3-1-4-18(22)11-16/h1,3-4,6-9,11,19H,2,5,10,12-14H2,(H,23,25). The molecule has 3 rings (SSSR count). The molecule has 25 heavy (non-hydrogen) atoms. The van der Waals surface area contributed by atoms with Gasteiger partial charge in [0.05, 0.1) is 6.54 Å². The van der Waals surface area contributed by atoms with Crippen LogP contribution in [0.15, 0.2) is 48.5 Å².